The highest BCUT2D eigenvalue weighted by Crippen LogP contribution is 2.19. The molecule has 2 aromatic rings. The summed E-state index contributed by atoms with van der Waals surface area (Å²) in [5.41, 5.74) is 7.68. The average molecular weight is 377 g/mol. The Morgan fingerprint density at radius 1 is 1.12 bits per heavy atom. The molecule has 3 N–H and O–H groups in total. The summed E-state index contributed by atoms with van der Waals surface area (Å²) in [5.74, 6) is 0.774. The lowest BCUT2D eigenvalue weighted by Crippen LogP contribution is -2.35. The minimum absolute atomic E-state index is 0. The lowest BCUT2D eigenvalue weighted by atomic mass is 10.1. The number of nitrogens with two attached hydrogens (primary N) is 1. The van der Waals surface area contributed by atoms with Crippen molar-refractivity contribution in [3.05, 3.63) is 65.7 Å². The van der Waals surface area contributed by atoms with Crippen molar-refractivity contribution >= 4 is 18.3 Å². The fourth-order valence-electron chi connectivity index (χ4n) is 2.89. The highest BCUT2D eigenvalue weighted by Gasteiger charge is 2.29. The quantitative estimate of drug-likeness (QED) is 0.779. The van der Waals surface area contributed by atoms with Crippen LogP contribution in [0.5, 0.6) is 5.75 Å². The predicted octanol–water partition coefficient (Wildman–Crippen LogP) is 2.81. The lowest BCUT2D eigenvalue weighted by Gasteiger charge is -2.13. The molecule has 1 aliphatic rings. The maximum Gasteiger partial charge on any atom is 0.249 e. The van der Waals surface area contributed by atoms with Gasteiger partial charge in [0.25, 0.3) is 0 Å². The molecule has 140 valence electrons. The van der Waals surface area contributed by atoms with E-state index in [2.05, 4.69) is 5.32 Å². The van der Waals surface area contributed by atoms with E-state index in [0.29, 0.717) is 19.7 Å². The average Bonchev–Trinajstić information content (AvgIpc) is 3.15. The third kappa shape index (κ3) is 5.73. The van der Waals surface area contributed by atoms with Crippen molar-refractivity contribution in [3.63, 3.8) is 0 Å². The van der Waals surface area contributed by atoms with Gasteiger partial charge in [-0.2, -0.15) is 0 Å². The van der Waals surface area contributed by atoms with Gasteiger partial charge >= 0.3 is 0 Å². The van der Waals surface area contributed by atoms with E-state index in [-0.39, 0.29) is 30.5 Å². The van der Waals surface area contributed by atoms with Crippen molar-refractivity contribution in [2.45, 2.75) is 38.2 Å². The van der Waals surface area contributed by atoms with Crippen LogP contribution in [-0.2, 0) is 22.7 Å². The van der Waals surface area contributed by atoms with Gasteiger partial charge in [-0.15, -0.1) is 12.4 Å². The topological polar surface area (TPSA) is 73.6 Å². The first kappa shape index (κ1) is 20.2. The van der Waals surface area contributed by atoms with Gasteiger partial charge in [0.15, 0.2) is 0 Å². The number of hydrogen-bond acceptors (Lipinski definition) is 4. The Morgan fingerprint density at radius 2 is 1.88 bits per heavy atom. The van der Waals surface area contributed by atoms with Gasteiger partial charge in [0.05, 0.1) is 6.10 Å². The van der Waals surface area contributed by atoms with Crippen molar-refractivity contribution in [1.29, 1.82) is 0 Å². The summed E-state index contributed by atoms with van der Waals surface area (Å²) in [6.45, 7) is 1.44. The Hall–Kier alpha value is -2.08. The Balaban J connectivity index is 0.00000243. The standard InChI is InChI=1S/C20H24N2O3.ClH/c21-12-18-9-10-19(25-18)20(23)22-13-15-5-4-6-16(11-15)14-24-17-7-2-1-3-8-17;/h1-8,11,18-19H,9-10,12-14,21H2,(H,22,23);1H/t18-,19+;/m1./s1. The fourth-order valence-corrected chi connectivity index (χ4v) is 2.89. The zero-order chi connectivity index (χ0) is 17.5. The summed E-state index contributed by atoms with van der Waals surface area (Å²) in [6.07, 6.45) is 1.21. The first-order valence-electron chi connectivity index (χ1n) is 8.63. The molecule has 0 unspecified atom stereocenters. The summed E-state index contributed by atoms with van der Waals surface area (Å²) < 4.78 is 11.4. The molecular formula is C20H25ClN2O3. The van der Waals surface area contributed by atoms with Crippen LogP contribution in [0.4, 0.5) is 0 Å². The van der Waals surface area contributed by atoms with Crippen LogP contribution in [0.2, 0.25) is 0 Å². The SMILES string of the molecule is Cl.NC[C@H]1CC[C@@H](C(=O)NCc2cccc(COc3ccccc3)c2)O1. The number of nitrogens with one attached hydrogen (secondary N) is 1. The van der Waals surface area contributed by atoms with Gasteiger partial charge in [-0.25, -0.2) is 0 Å². The first-order valence-corrected chi connectivity index (χ1v) is 8.63. The highest BCUT2D eigenvalue weighted by atomic mass is 35.5. The molecule has 0 spiro atoms. The number of para-hydroxylation sites is 1. The monoisotopic (exact) mass is 376 g/mol. The number of carbonyl (C=O) groups is 1. The maximum absolute atomic E-state index is 12.2. The van der Waals surface area contributed by atoms with E-state index in [9.17, 15) is 4.79 Å². The van der Waals surface area contributed by atoms with E-state index < -0.39 is 0 Å². The van der Waals surface area contributed by atoms with Gasteiger partial charge in [0.2, 0.25) is 5.91 Å². The molecule has 5 nitrogen and oxygen atoms in total. The largest absolute Gasteiger partial charge is 0.489 e. The minimum atomic E-state index is -0.377. The van der Waals surface area contributed by atoms with Gasteiger partial charge in [0.1, 0.15) is 18.5 Å². The zero-order valence-electron chi connectivity index (χ0n) is 14.6. The van der Waals surface area contributed by atoms with Crippen LogP contribution in [0.3, 0.4) is 0 Å². The number of benzene rings is 2. The normalized spacial score (nSPS) is 18.8. The Morgan fingerprint density at radius 3 is 2.62 bits per heavy atom. The number of amides is 1. The zero-order valence-corrected chi connectivity index (χ0v) is 15.4. The Bertz CT molecular complexity index is 696. The molecule has 1 aliphatic heterocycles. The van der Waals surface area contributed by atoms with E-state index in [1.165, 1.54) is 0 Å². The fraction of sp³-hybridized carbons (Fsp3) is 0.350. The Labute approximate surface area is 160 Å². The number of hydrogen-bond donors (Lipinski definition) is 2. The van der Waals surface area contributed by atoms with E-state index >= 15 is 0 Å². The summed E-state index contributed by atoms with van der Waals surface area (Å²) >= 11 is 0. The number of ether oxygens (including phenoxy) is 2. The highest BCUT2D eigenvalue weighted by molar-refractivity contribution is 5.85. The van der Waals surface area contributed by atoms with Crippen LogP contribution in [-0.4, -0.2) is 24.7 Å². The van der Waals surface area contributed by atoms with Gasteiger partial charge in [-0.05, 0) is 36.1 Å². The van der Waals surface area contributed by atoms with Crippen LogP contribution in [0.15, 0.2) is 54.6 Å². The van der Waals surface area contributed by atoms with Crippen molar-refractivity contribution < 1.29 is 14.3 Å². The molecule has 3 rings (SSSR count). The second kappa shape index (κ2) is 10.2. The minimum Gasteiger partial charge on any atom is -0.489 e. The van der Waals surface area contributed by atoms with Gasteiger partial charge in [-0.1, -0.05) is 42.5 Å². The van der Waals surface area contributed by atoms with E-state index in [1.54, 1.807) is 0 Å². The van der Waals surface area contributed by atoms with Gasteiger partial charge in [-0.3, -0.25) is 4.79 Å². The third-order valence-corrected chi connectivity index (χ3v) is 4.27. The molecule has 2 atom stereocenters. The number of rotatable bonds is 7. The molecule has 0 saturated carbocycles. The summed E-state index contributed by atoms with van der Waals surface area (Å²) in [4.78, 5) is 12.2. The third-order valence-electron chi connectivity index (χ3n) is 4.27. The second-order valence-corrected chi connectivity index (χ2v) is 6.20. The summed E-state index contributed by atoms with van der Waals surface area (Å²) in [6, 6.07) is 17.7. The van der Waals surface area contributed by atoms with E-state index in [4.69, 9.17) is 15.2 Å². The van der Waals surface area contributed by atoms with Crippen LogP contribution < -0.4 is 15.8 Å². The summed E-state index contributed by atoms with van der Waals surface area (Å²) in [5, 5.41) is 2.94. The first-order chi connectivity index (χ1) is 12.2. The molecule has 6 heteroatoms. The number of halogens is 1. The van der Waals surface area contributed by atoms with E-state index in [0.717, 1.165) is 29.7 Å². The van der Waals surface area contributed by atoms with Crippen LogP contribution in [0, 0.1) is 0 Å². The predicted molar refractivity (Wildman–Crippen MR) is 103 cm³/mol. The molecular weight excluding hydrogens is 352 g/mol. The van der Waals surface area contributed by atoms with Crippen LogP contribution >= 0.6 is 12.4 Å². The van der Waals surface area contributed by atoms with Gasteiger partial charge < -0.3 is 20.5 Å². The molecule has 1 fully saturated rings. The van der Waals surface area contributed by atoms with Crippen LogP contribution in [0.1, 0.15) is 24.0 Å². The molecule has 1 heterocycles. The molecule has 0 radical (unpaired) electrons. The summed E-state index contributed by atoms with van der Waals surface area (Å²) in [7, 11) is 0. The molecule has 0 aromatic heterocycles. The maximum atomic E-state index is 12.2. The molecule has 1 amide bonds. The Kier molecular flexibility index (Phi) is 7.91. The molecule has 26 heavy (non-hydrogen) atoms. The van der Waals surface area contributed by atoms with E-state index in [1.807, 2.05) is 54.6 Å². The van der Waals surface area contributed by atoms with Gasteiger partial charge in [0, 0.05) is 13.1 Å². The molecule has 0 bridgehead atoms. The van der Waals surface area contributed by atoms with Crippen LogP contribution in [0.25, 0.3) is 0 Å². The van der Waals surface area contributed by atoms with Crippen molar-refractivity contribution in [2.75, 3.05) is 6.54 Å². The van der Waals surface area contributed by atoms with Crippen molar-refractivity contribution in [3.8, 4) is 5.75 Å². The van der Waals surface area contributed by atoms with Crippen molar-refractivity contribution in [2.24, 2.45) is 5.73 Å². The molecule has 0 aliphatic carbocycles. The second-order valence-electron chi connectivity index (χ2n) is 6.20. The van der Waals surface area contributed by atoms with Crippen molar-refractivity contribution in [1.82, 2.24) is 5.32 Å². The number of carbonyl (C=O) groups excluding carboxylic acids is 1. The molecule has 2 aromatic carbocycles. The smallest absolute Gasteiger partial charge is 0.249 e. The molecule has 1 saturated heterocycles. The lowest BCUT2D eigenvalue weighted by molar-refractivity contribution is -0.132.